The summed E-state index contributed by atoms with van der Waals surface area (Å²) < 4.78 is 5.50. The fourth-order valence-electron chi connectivity index (χ4n) is 2.87. The molecule has 2 N–H and O–H groups in total. The molecule has 3 rings (SSSR count). The summed E-state index contributed by atoms with van der Waals surface area (Å²) in [6.07, 6.45) is 2.70. The summed E-state index contributed by atoms with van der Waals surface area (Å²) in [5.74, 6) is -0.0515. The predicted octanol–water partition coefficient (Wildman–Crippen LogP) is 4.04. The highest BCUT2D eigenvalue weighted by Gasteiger charge is 2.26. The first kappa shape index (κ1) is 16.5. The van der Waals surface area contributed by atoms with Crippen molar-refractivity contribution in [3.05, 3.63) is 52.7 Å². The van der Waals surface area contributed by atoms with E-state index in [9.17, 15) is 9.59 Å². The highest BCUT2D eigenvalue weighted by molar-refractivity contribution is 7.12. The van der Waals surface area contributed by atoms with Crippen LogP contribution in [0.4, 0.5) is 10.5 Å². The minimum atomic E-state index is -0.448. The number of hydrogen-bond donors (Lipinski definition) is 2. The molecule has 0 unspecified atom stereocenters. The van der Waals surface area contributed by atoms with E-state index in [0.29, 0.717) is 17.0 Å². The van der Waals surface area contributed by atoms with E-state index in [2.05, 4.69) is 10.6 Å². The van der Waals surface area contributed by atoms with Gasteiger partial charge in [0.2, 0.25) is 0 Å². The maximum absolute atomic E-state index is 12.1. The Morgan fingerprint density at radius 1 is 1.08 bits per heavy atom. The first-order chi connectivity index (χ1) is 11.7. The van der Waals surface area contributed by atoms with E-state index >= 15 is 0 Å². The van der Waals surface area contributed by atoms with E-state index in [0.717, 1.165) is 19.3 Å². The fourth-order valence-corrected chi connectivity index (χ4v) is 3.49. The number of hydrogen-bond acceptors (Lipinski definition) is 4. The summed E-state index contributed by atoms with van der Waals surface area (Å²) in [6.45, 7) is 0. The minimum Gasteiger partial charge on any atom is -0.446 e. The van der Waals surface area contributed by atoms with E-state index in [4.69, 9.17) is 4.74 Å². The maximum atomic E-state index is 12.1. The van der Waals surface area contributed by atoms with Gasteiger partial charge in [-0.2, -0.15) is 0 Å². The molecule has 2 aromatic rings. The van der Waals surface area contributed by atoms with E-state index in [-0.39, 0.29) is 18.1 Å². The van der Waals surface area contributed by atoms with Crippen LogP contribution >= 0.6 is 11.3 Å². The van der Waals surface area contributed by atoms with Gasteiger partial charge in [0.25, 0.3) is 5.91 Å². The number of carbonyl (C=O) groups excluding carboxylic acids is 2. The van der Waals surface area contributed by atoms with Crippen molar-refractivity contribution < 1.29 is 14.3 Å². The van der Waals surface area contributed by atoms with Crippen molar-refractivity contribution in [1.29, 1.82) is 0 Å². The fraction of sp³-hybridized carbons (Fsp3) is 0.333. The van der Waals surface area contributed by atoms with Gasteiger partial charge in [-0.1, -0.05) is 24.3 Å². The quantitative estimate of drug-likeness (QED) is 0.880. The normalized spacial score (nSPS) is 20.2. The number of nitrogens with one attached hydrogen (secondary N) is 2. The van der Waals surface area contributed by atoms with Gasteiger partial charge in [0.15, 0.2) is 0 Å². The molecule has 0 bridgehead atoms. The van der Waals surface area contributed by atoms with Crippen LogP contribution in [-0.2, 0) is 4.74 Å². The number of thiophene rings is 1. The molecule has 0 radical (unpaired) electrons. The van der Waals surface area contributed by atoms with Gasteiger partial charge in [0, 0.05) is 18.2 Å². The van der Waals surface area contributed by atoms with Gasteiger partial charge in [0.05, 0.1) is 4.88 Å². The van der Waals surface area contributed by atoms with E-state index in [1.54, 1.807) is 0 Å². The number of carbonyl (C=O) groups is 2. The standard InChI is InChI=1S/C18H20N2O3S/c21-17(16-10-5-11-24-16)19-14-8-4-9-15(12-14)23-18(22)20-13-6-2-1-3-7-13/h1-3,5-7,10-11,14-15H,4,8-9,12H2,(H,19,21)(H,20,22)/t14-,15-/m0/s1. The molecule has 1 aliphatic rings. The van der Waals surface area contributed by atoms with Crippen LogP contribution in [0.25, 0.3) is 0 Å². The summed E-state index contributed by atoms with van der Waals surface area (Å²) in [5.41, 5.74) is 0.709. The summed E-state index contributed by atoms with van der Waals surface area (Å²) in [4.78, 5) is 24.8. The van der Waals surface area contributed by atoms with E-state index < -0.39 is 6.09 Å². The Labute approximate surface area is 145 Å². The number of para-hydroxylation sites is 1. The van der Waals surface area contributed by atoms with Crippen LogP contribution in [0, 0.1) is 0 Å². The van der Waals surface area contributed by atoms with Crippen molar-refractivity contribution in [2.45, 2.75) is 37.8 Å². The SMILES string of the molecule is O=C(Nc1ccccc1)O[C@H]1CCC[C@H](NC(=O)c2cccs2)C1. The van der Waals surface area contributed by atoms with Crippen molar-refractivity contribution >= 4 is 29.0 Å². The highest BCUT2D eigenvalue weighted by Crippen LogP contribution is 2.22. The molecule has 1 aromatic carbocycles. The molecule has 5 nitrogen and oxygen atoms in total. The zero-order valence-corrected chi connectivity index (χ0v) is 14.1. The summed E-state index contributed by atoms with van der Waals surface area (Å²) in [7, 11) is 0. The van der Waals surface area contributed by atoms with Gasteiger partial charge in [-0.15, -0.1) is 11.3 Å². The number of benzene rings is 1. The van der Waals surface area contributed by atoms with Gasteiger partial charge < -0.3 is 10.1 Å². The zero-order valence-electron chi connectivity index (χ0n) is 13.2. The Morgan fingerprint density at radius 3 is 2.67 bits per heavy atom. The molecule has 0 saturated heterocycles. The molecule has 24 heavy (non-hydrogen) atoms. The molecule has 2 atom stereocenters. The third kappa shape index (κ3) is 4.58. The molecule has 1 aliphatic carbocycles. The Kier molecular flexibility index (Phi) is 5.48. The molecule has 1 aromatic heterocycles. The maximum Gasteiger partial charge on any atom is 0.411 e. The van der Waals surface area contributed by atoms with Crippen molar-refractivity contribution in [2.75, 3.05) is 5.32 Å². The van der Waals surface area contributed by atoms with Crippen LogP contribution in [0.15, 0.2) is 47.8 Å². The van der Waals surface area contributed by atoms with Crippen LogP contribution in [0.1, 0.15) is 35.4 Å². The predicted molar refractivity (Wildman–Crippen MR) is 94.4 cm³/mol. The lowest BCUT2D eigenvalue weighted by atomic mass is 9.93. The Morgan fingerprint density at radius 2 is 1.92 bits per heavy atom. The Bertz CT molecular complexity index is 673. The van der Waals surface area contributed by atoms with Gasteiger partial charge >= 0.3 is 6.09 Å². The van der Waals surface area contributed by atoms with Crippen LogP contribution in [0.2, 0.25) is 0 Å². The van der Waals surface area contributed by atoms with Gasteiger partial charge in [-0.05, 0) is 42.8 Å². The molecule has 1 saturated carbocycles. The van der Waals surface area contributed by atoms with Crippen LogP contribution in [0.5, 0.6) is 0 Å². The van der Waals surface area contributed by atoms with Crippen LogP contribution in [-0.4, -0.2) is 24.1 Å². The number of amides is 2. The van der Waals surface area contributed by atoms with Gasteiger partial charge in [-0.3, -0.25) is 10.1 Å². The molecule has 1 fully saturated rings. The second kappa shape index (κ2) is 7.97. The largest absolute Gasteiger partial charge is 0.446 e. The van der Waals surface area contributed by atoms with Crippen LogP contribution < -0.4 is 10.6 Å². The lowest BCUT2D eigenvalue weighted by Gasteiger charge is -2.29. The highest BCUT2D eigenvalue weighted by atomic mass is 32.1. The van der Waals surface area contributed by atoms with Gasteiger partial charge in [0.1, 0.15) is 6.10 Å². The Hall–Kier alpha value is -2.34. The minimum absolute atomic E-state index is 0.0443. The molecule has 1 heterocycles. The summed E-state index contributed by atoms with van der Waals surface area (Å²) in [5, 5.41) is 7.64. The third-order valence-corrected chi connectivity index (χ3v) is 4.87. The molecular formula is C18H20N2O3S. The topological polar surface area (TPSA) is 67.4 Å². The molecule has 6 heteroatoms. The molecule has 126 valence electrons. The zero-order chi connectivity index (χ0) is 16.8. The Balaban J connectivity index is 1.48. The molecular weight excluding hydrogens is 324 g/mol. The monoisotopic (exact) mass is 344 g/mol. The first-order valence-corrected chi connectivity index (χ1v) is 8.96. The van der Waals surface area contributed by atoms with Crippen molar-refractivity contribution in [2.24, 2.45) is 0 Å². The number of rotatable bonds is 4. The first-order valence-electron chi connectivity index (χ1n) is 8.08. The van der Waals surface area contributed by atoms with E-state index in [1.165, 1.54) is 11.3 Å². The average molecular weight is 344 g/mol. The molecule has 0 spiro atoms. The second-order valence-electron chi connectivity index (χ2n) is 5.83. The summed E-state index contributed by atoms with van der Waals surface area (Å²) >= 11 is 1.42. The van der Waals surface area contributed by atoms with Crippen molar-refractivity contribution in [3.8, 4) is 0 Å². The molecule has 0 aliphatic heterocycles. The lowest BCUT2D eigenvalue weighted by molar-refractivity contribution is 0.0714. The van der Waals surface area contributed by atoms with Crippen LogP contribution in [0.3, 0.4) is 0 Å². The average Bonchev–Trinajstić information content (AvgIpc) is 3.10. The van der Waals surface area contributed by atoms with E-state index in [1.807, 2.05) is 47.8 Å². The third-order valence-electron chi connectivity index (χ3n) is 4.00. The van der Waals surface area contributed by atoms with Crippen molar-refractivity contribution in [1.82, 2.24) is 5.32 Å². The molecule has 2 amide bonds. The number of ether oxygens (including phenoxy) is 1. The number of anilines is 1. The van der Waals surface area contributed by atoms with Crippen molar-refractivity contribution in [3.63, 3.8) is 0 Å². The smallest absolute Gasteiger partial charge is 0.411 e. The lowest BCUT2D eigenvalue weighted by Crippen LogP contribution is -2.41. The second-order valence-corrected chi connectivity index (χ2v) is 6.78. The van der Waals surface area contributed by atoms with Gasteiger partial charge in [-0.25, -0.2) is 4.79 Å². The summed E-state index contributed by atoms with van der Waals surface area (Å²) in [6, 6.07) is 12.9.